The first-order valence-corrected chi connectivity index (χ1v) is 20.1. The van der Waals surface area contributed by atoms with Gasteiger partial charge >= 0.3 is 0 Å². The number of carbonyl (C=O) groups excluding carboxylic acids is 1. The maximum atomic E-state index is 12.1. The van der Waals surface area contributed by atoms with Gasteiger partial charge in [-0.2, -0.15) is 0 Å². The number of quaternary nitrogens is 1. The van der Waals surface area contributed by atoms with Crippen molar-refractivity contribution in [3.05, 3.63) is 71.8 Å². The van der Waals surface area contributed by atoms with Crippen molar-refractivity contribution in [2.45, 2.75) is 69.2 Å². The monoisotopic (exact) mass is 839 g/mol. The van der Waals surface area contributed by atoms with Crippen LogP contribution >= 0.6 is 0 Å². The van der Waals surface area contributed by atoms with Crippen LogP contribution in [0.25, 0.3) is 0 Å². The molecule has 13 heteroatoms. The van der Waals surface area contributed by atoms with Crippen LogP contribution in [0.3, 0.4) is 0 Å². The van der Waals surface area contributed by atoms with Crippen molar-refractivity contribution in [2.75, 3.05) is 78.1 Å². The van der Waals surface area contributed by atoms with Crippen LogP contribution < -0.4 is 46.6 Å². The minimum atomic E-state index is -0.939. The first-order chi connectivity index (χ1) is 26.7. The number of carbonyl (C=O) groups is 1. The topological polar surface area (TPSA) is 148 Å². The largest absolute Gasteiger partial charge is 1.00 e. The highest BCUT2D eigenvalue weighted by Gasteiger charge is 2.48. The van der Waals surface area contributed by atoms with Crippen LogP contribution in [-0.4, -0.2) is 105 Å². The Labute approximate surface area is 340 Å². The molecule has 5 aliphatic rings. The zero-order valence-electron chi connectivity index (χ0n) is 32.4. The number of fused-ring (bicyclic) bond motifs is 4. The lowest BCUT2D eigenvalue weighted by molar-refractivity contribution is -0.946. The SMILES string of the molecule is COc1cc(OCCC[N+]23CCC(CC2)[C@@H](OC[C@@](O)(c2ccccc2)C2CCCC2)C3)ccc1OCCCNC[C@H](O)c1cc(O)cc2c1OCC(=O)N2.[Br-]. The number of nitrogens with one attached hydrogen (secondary N) is 2. The number of halogens is 1. The molecule has 4 aliphatic heterocycles. The van der Waals surface area contributed by atoms with Gasteiger partial charge in [-0.15, -0.1) is 0 Å². The number of nitrogens with zero attached hydrogens (tertiary/aromatic N) is 1. The number of aliphatic hydroxyl groups excluding tert-OH is 1. The molecular formula is C43H58BrN3O9. The molecule has 0 aromatic heterocycles. The van der Waals surface area contributed by atoms with Crippen molar-refractivity contribution in [1.29, 1.82) is 0 Å². The Kier molecular flexibility index (Phi) is 14.4. The van der Waals surface area contributed by atoms with Crippen LogP contribution in [0, 0.1) is 11.8 Å². The standard InChI is InChI=1S/C43H57N3O9.BrH/c1-51-39-25-34(13-14-38(39)53-21-7-17-44-26-37(48)35-23-33(47)24-36-42(35)54-28-41(49)45-36)52-22-8-18-46-19-15-30(16-20-46)40(27-46)55-29-43(50,32-11-5-6-12-32)31-9-3-2-4-10-31;/h2-4,9-10,13-14,23-25,30,32,37,40,44,48,50H,5-8,11-12,15-22,26-29H2,1H3,(H-,45,47,49);1H/t30?,37-,40-,43+,46?;/m0./s1. The minimum absolute atomic E-state index is 0. The number of anilines is 1. The van der Waals surface area contributed by atoms with E-state index < -0.39 is 11.7 Å². The van der Waals surface area contributed by atoms with Crippen molar-refractivity contribution in [2.24, 2.45) is 11.8 Å². The number of hydrogen-bond acceptors (Lipinski definition) is 10. The molecule has 3 atom stereocenters. The summed E-state index contributed by atoms with van der Waals surface area (Å²) >= 11 is 0. The Bertz CT molecular complexity index is 1730. The Hall–Kier alpha value is -3.59. The van der Waals surface area contributed by atoms with Crippen LogP contribution in [-0.2, 0) is 15.1 Å². The first kappa shape index (κ1) is 42.0. The number of rotatable bonds is 19. The van der Waals surface area contributed by atoms with E-state index in [0.29, 0.717) is 67.2 Å². The van der Waals surface area contributed by atoms with Crippen LogP contribution in [0.15, 0.2) is 60.7 Å². The fourth-order valence-corrected chi connectivity index (χ4v) is 9.16. The van der Waals surface area contributed by atoms with Gasteiger partial charge in [-0.3, -0.25) is 4.79 Å². The molecule has 1 aliphatic carbocycles. The van der Waals surface area contributed by atoms with Crippen molar-refractivity contribution >= 4 is 11.6 Å². The zero-order valence-corrected chi connectivity index (χ0v) is 34.0. The third-order valence-corrected chi connectivity index (χ3v) is 12.2. The second-order valence-corrected chi connectivity index (χ2v) is 15.8. The first-order valence-electron chi connectivity index (χ1n) is 20.1. The molecule has 8 rings (SSSR count). The molecule has 0 radical (unpaired) electrons. The number of ether oxygens (including phenoxy) is 5. The molecule has 4 heterocycles. The third kappa shape index (κ3) is 9.92. The number of benzene rings is 3. The molecule has 1 amide bonds. The van der Waals surface area contributed by atoms with E-state index in [1.165, 1.54) is 50.9 Å². The van der Waals surface area contributed by atoms with Crippen molar-refractivity contribution in [1.82, 2.24) is 5.32 Å². The Morgan fingerprint density at radius 3 is 2.52 bits per heavy atom. The second kappa shape index (κ2) is 19.2. The highest BCUT2D eigenvalue weighted by atomic mass is 79.9. The molecule has 3 saturated heterocycles. The Morgan fingerprint density at radius 1 is 0.982 bits per heavy atom. The summed E-state index contributed by atoms with van der Waals surface area (Å²) in [4.78, 5) is 11.6. The van der Waals surface area contributed by atoms with Crippen LogP contribution in [0.4, 0.5) is 5.69 Å². The summed E-state index contributed by atoms with van der Waals surface area (Å²) in [7, 11) is 1.62. The molecule has 0 spiro atoms. The van der Waals surface area contributed by atoms with Gasteiger partial charge in [-0.05, 0) is 55.5 Å². The van der Waals surface area contributed by atoms with E-state index >= 15 is 0 Å². The molecule has 4 fully saturated rings. The number of amides is 1. The molecule has 1 saturated carbocycles. The molecule has 0 unspecified atom stereocenters. The van der Waals surface area contributed by atoms with Crippen LogP contribution in [0.5, 0.6) is 28.7 Å². The Morgan fingerprint density at radius 2 is 1.75 bits per heavy atom. The molecule has 56 heavy (non-hydrogen) atoms. The van der Waals surface area contributed by atoms with Crippen molar-refractivity contribution in [3.8, 4) is 28.7 Å². The lowest BCUT2D eigenvalue weighted by Gasteiger charge is -2.53. The summed E-state index contributed by atoms with van der Waals surface area (Å²) in [5.74, 6) is 2.79. The van der Waals surface area contributed by atoms with Gasteiger partial charge < -0.3 is 71.1 Å². The molecule has 12 nitrogen and oxygen atoms in total. The predicted molar refractivity (Wildman–Crippen MR) is 208 cm³/mol. The molecule has 3 aromatic rings. The van der Waals surface area contributed by atoms with Crippen LogP contribution in [0.2, 0.25) is 0 Å². The van der Waals surface area contributed by atoms with E-state index in [0.717, 1.165) is 48.1 Å². The number of aliphatic hydroxyl groups is 2. The summed E-state index contributed by atoms with van der Waals surface area (Å²) in [6, 6.07) is 18.7. The van der Waals surface area contributed by atoms with E-state index in [9.17, 15) is 20.1 Å². The number of aromatic hydroxyl groups is 1. The third-order valence-electron chi connectivity index (χ3n) is 12.2. The minimum Gasteiger partial charge on any atom is -1.00 e. The molecule has 3 aromatic carbocycles. The Balaban J connectivity index is 0.00000532. The van der Waals surface area contributed by atoms with E-state index in [2.05, 4.69) is 22.8 Å². The normalized spacial score (nSPS) is 23.2. The fourth-order valence-electron chi connectivity index (χ4n) is 9.16. The van der Waals surface area contributed by atoms with Gasteiger partial charge in [-0.25, -0.2) is 0 Å². The number of phenolic OH excluding ortho intramolecular Hbond substituents is 1. The van der Waals surface area contributed by atoms with Gasteiger partial charge in [0.15, 0.2) is 18.1 Å². The lowest BCUT2D eigenvalue weighted by Crippen LogP contribution is -3.00. The smallest absolute Gasteiger partial charge is 0.262 e. The summed E-state index contributed by atoms with van der Waals surface area (Å²) < 4.78 is 31.1. The van der Waals surface area contributed by atoms with Gasteiger partial charge in [0.2, 0.25) is 0 Å². The maximum absolute atomic E-state index is 12.1. The van der Waals surface area contributed by atoms with Crippen molar-refractivity contribution < 1.29 is 65.3 Å². The summed E-state index contributed by atoms with van der Waals surface area (Å²) in [6.45, 7) is 6.51. The molecule has 306 valence electrons. The van der Waals surface area contributed by atoms with Gasteiger partial charge in [0.1, 0.15) is 35.5 Å². The highest BCUT2D eigenvalue weighted by molar-refractivity contribution is 5.96. The second-order valence-electron chi connectivity index (χ2n) is 15.8. The number of hydrogen-bond donors (Lipinski definition) is 5. The average Bonchev–Trinajstić information content (AvgIpc) is 3.77. The van der Waals surface area contributed by atoms with Gasteiger partial charge in [0.25, 0.3) is 5.91 Å². The zero-order chi connectivity index (χ0) is 38.3. The van der Waals surface area contributed by atoms with E-state index in [1.807, 2.05) is 36.4 Å². The summed E-state index contributed by atoms with van der Waals surface area (Å²) in [5, 5.41) is 38.7. The fraction of sp³-hybridized carbons (Fsp3) is 0.558. The van der Waals surface area contributed by atoms with Crippen LogP contribution in [0.1, 0.15) is 68.6 Å². The number of piperidine rings is 3. The van der Waals surface area contributed by atoms with E-state index in [-0.39, 0.29) is 53.8 Å². The van der Waals surface area contributed by atoms with Gasteiger partial charge in [0, 0.05) is 49.4 Å². The molecular weight excluding hydrogens is 782 g/mol. The van der Waals surface area contributed by atoms with Crippen molar-refractivity contribution in [3.63, 3.8) is 0 Å². The highest BCUT2D eigenvalue weighted by Crippen LogP contribution is 2.43. The quantitative estimate of drug-likeness (QED) is 0.0901. The predicted octanol–water partition coefficient (Wildman–Crippen LogP) is 2.30. The molecule has 5 N–H and O–H groups in total. The molecule has 2 bridgehead atoms. The van der Waals surface area contributed by atoms with Gasteiger partial charge in [0.05, 0.1) is 58.4 Å². The average molecular weight is 841 g/mol. The maximum Gasteiger partial charge on any atom is 0.262 e. The van der Waals surface area contributed by atoms with E-state index in [4.69, 9.17) is 23.7 Å². The number of phenols is 1. The summed E-state index contributed by atoms with van der Waals surface area (Å²) in [6.07, 6.45) is 7.68. The lowest BCUT2D eigenvalue weighted by atomic mass is 9.80. The van der Waals surface area contributed by atoms with Gasteiger partial charge in [-0.1, -0.05) is 43.2 Å². The van der Waals surface area contributed by atoms with E-state index in [1.54, 1.807) is 7.11 Å². The summed E-state index contributed by atoms with van der Waals surface area (Å²) in [5.41, 5.74) is 0.815. The number of methoxy groups -OCH3 is 1.